The third kappa shape index (κ3) is 31.4. The Morgan fingerprint density at radius 2 is 0.761 bits per heavy atom. The van der Waals surface area contributed by atoms with Crippen LogP contribution in [0.4, 0.5) is 0 Å². The maximum absolute atomic E-state index is 15.2. The van der Waals surface area contributed by atoms with E-state index in [-0.39, 0.29) is 140 Å². The van der Waals surface area contributed by atoms with Crippen molar-refractivity contribution in [1.82, 2.24) is 42.1 Å². The number of amides is 9. The summed E-state index contributed by atoms with van der Waals surface area (Å²) in [6, 6.07) is -6.90. The van der Waals surface area contributed by atoms with Crippen molar-refractivity contribution in [3.05, 3.63) is 0 Å². The Hall–Kier alpha value is -3.82. The lowest BCUT2D eigenvalue weighted by molar-refractivity contribution is -0.156. The van der Waals surface area contributed by atoms with Gasteiger partial charge in [0.25, 0.3) is 11.8 Å². The molecule has 0 heterocycles. The number of aliphatic carboxylic acids is 1. The van der Waals surface area contributed by atoms with Crippen LogP contribution < -0.4 is 54.4 Å². The van der Waals surface area contributed by atoms with Gasteiger partial charge in [0, 0.05) is 45.3 Å². The van der Waals surface area contributed by atoms with Crippen LogP contribution in [0.1, 0.15) is 128 Å². The first-order valence-corrected chi connectivity index (χ1v) is 27.2. The lowest BCUT2D eigenvalue weighted by atomic mass is 9.99. The van der Waals surface area contributed by atoms with Gasteiger partial charge in [-0.15, -0.1) is 0 Å². The number of unbranched alkanes of at least 4 members (excludes halogenated alkanes) is 5. The van der Waals surface area contributed by atoms with Gasteiger partial charge in [0.2, 0.25) is 41.4 Å². The van der Waals surface area contributed by atoms with Gasteiger partial charge in [-0.3, -0.25) is 52.8 Å². The van der Waals surface area contributed by atoms with Crippen molar-refractivity contribution >= 4 is 110 Å². The number of rotatable bonds is 43. The number of hydrogen-bond acceptors (Lipinski definition) is 17. The highest BCUT2D eigenvalue weighted by molar-refractivity contribution is 7.80. The van der Waals surface area contributed by atoms with E-state index in [9.17, 15) is 38.4 Å². The number of carbonyl (C=O) groups is 10. The predicted molar refractivity (Wildman–Crippen MR) is 285 cm³/mol. The largest absolute Gasteiger partial charge is 0.481 e. The van der Waals surface area contributed by atoms with Gasteiger partial charge in [-0.25, -0.2) is 0 Å². The SMILES string of the molecule is NCCCC[C@H](NC(=O)[C@H](CCCCN)NC(=O)[C@H](CCCCN)N(C(=O)[C@H](CCCCNC(=O)CCS)NC(=O)CCS)C(=O)[C@H](CCCCNC(=O)CCS)NC(=O)CCS)C(=O)NCCC(=O)O. The smallest absolute Gasteiger partial charge is 0.305 e. The van der Waals surface area contributed by atoms with Crippen LogP contribution in [-0.4, -0.2) is 162 Å². The van der Waals surface area contributed by atoms with E-state index in [1.165, 1.54) is 0 Å². The van der Waals surface area contributed by atoms with E-state index in [1.54, 1.807) is 0 Å². The van der Waals surface area contributed by atoms with Crippen LogP contribution in [0, 0.1) is 0 Å². The van der Waals surface area contributed by atoms with Gasteiger partial charge in [0.05, 0.1) is 6.42 Å². The lowest BCUT2D eigenvalue weighted by Crippen LogP contribution is -2.63. The fourth-order valence-electron chi connectivity index (χ4n) is 7.12. The molecule has 71 heavy (non-hydrogen) atoms. The second-order valence-corrected chi connectivity index (χ2v) is 18.6. The summed E-state index contributed by atoms with van der Waals surface area (Å²) in [6.45, 7) is 1.01. The topological polar surface area (TPSA) is 356 Å². The summed E-state index contributed by atoms with van der Waals surface area (Å²) in [5, 5.41) is 28.0. The van der Waals surface area contributed by atoms with Gasteiger partial charge in [0.15, 0.2) is 0 Å². The van der Waals surface area contributed by atoms with Gasteiger partial charge < -0.3 is 59.5 Å². The average Bonchev–Trinajstić information content (AvgIpc) is 3.32. The molecule has 0 fully saturated rings. The Bertz CT molecular complexity index is 1580. The molecule has 0 aliphatic rings. The lowest BCUT2D eigenvalue weighted by Gasteiger charge is -2.36. The Morgan fingerprint density at radius 3 is 1.17 bits per heavy atom. The number of imide groups is 1. The highest BCUT2D eigenvalue weighted by atomic mass is 32.1. The number of hydrogen-bond donors (Lipinski definition) is 15. The second kappa shape index (κ2) is 42.7. The van der Waals surface area contributed by atoms with Crippen LogP contribution >= 0.6 is 50.5 Å². The predicted octanol–water partition coefficient (Wildman–Crippen LogP) is -0.520. The summed E-state index contributed by atoms with van der Waals surface area (Å²) in [7, 11) is 0. The van der Waals surface area contributed by atoms with Gasteiger partial charge in [-0.05, 0) is 139 Å². The van der Waals surface area contributed by atoms with Crippen LogP contribution in [0.2, 0.25) is 0 Å². The average molecular weight is 1080 g/mol. The molecule has 0 saturated heterocycles. The summed E-state index contributed by atoms with van der Waals surface area (Å²) in [5.41, 5.74) is 17.4. The molecular weight excluding hydrogens is 999 g/mol. The number of carboxylic acids is 1. The third-order valence-electron chi connectivity index (χ3n) is 10.9. The van der Waals surface area contributed by atoms with Crippen molar-refractivity contribution in [3.63, 3.8) is 0 Å². The molecule has 0 aliphatic heterocycles. The molecular formula is C45H83N11O11S4. The number of nitrogens with two attached hydrogens (primary N) is 3. The zero-order valence-corrected chi connectivity index (χ0v) is 44.7. The van der Waals surface area contributed by atoms with E-state index in [1.807, 2.05) is 0 Å². The zero-order chi connectivity index (χ0) is 53.4. The minimum atomic E-state index is -1.64. The Labute approximate surface area is 440 Å². The highest BCUT2D eigenvalue weighted by Gasteiger charge is 2.42. The van der Waals surface area contributed by atoms with E-state index in [0.717, 1.165) is 4.90 Å². The van der Waals surface area contributed by atoms with Crippen molar-refractivity contribution in [2.24, 2.45) is 17.2 Å². The molecule has 0 aromatic heterocycles. The van der Waals surface area contributed by atoms with E-state index in [2.05, 4.69) is 87.7 Å². The first kappa shape index (κ1) is 67.2. The molecule has 0 aliphatic carbocycles. The van der Waals surface area contributed by atoms with E-state index >= 15 is 9.59 Å². The molecule has 0 rings (SSSR count). The number of nitrogens with zero attached hydrogens (tertiary/aromatic N) is 1. The summed E-state index contributed by atoms with van der Waals surface area (Å²) >= 11 is 16.5. The van der Waals surface area contributed by atoms with E-state index in [0.29, 0.717) is 63.0 Å². The molecule has 26 heteroatoms. The van der Waals surface area contributed by atoms with Gasteiger partial charge in [0.1, 0.15) is 30.2 Å². The molecule has 0 saturated carbocycles. The van der Waals surface area contributed by atoms with Crippen LogP contribution in [0.3, 0.4) is 0 Å². The molecule has 408 valence electrons. The third-order valence-corrected chi connectivity index (χ3v) is 11.8. The molecule has 0 bridgehead atoms. The first-order valence-electron chi connectivity index (χ1n) is 24.7. The van der Waals surface area contributed by atoms with E-state index in [4.69, 9.17) is 22.3 Å². The van der Waals surface area contributed by atoms with Gasteiger partial charge >= 0.3 is 5.97 Å². The van der Waals surface area contributed by atoms with Crippen molar-refractivity contribution in [2.75, 3.05) is 62.3 Å². The minimum Gasteiger partial charge on any atom is -0.481 e. The summed E-state index contributed by atoms with van der Waals surface area (Å²) in [5.74, 6) is -6.09. The summed E-state index contributed by atoms with van der Waals surface area (Å²) in [6.07, 6.45) is 3.30. The highest BCUT2D eigenvalue weighted by Crippen LogP contribution is 2.19. The number of carbonyl (C=O) groups excluding carboxylic acids is 9. The number of thiol groups is 4. The first-order chi connectivity index (χ1) is 34.0. The molecule has 14 N–H and O–H groups in total. The maximum Gasteiger partial charge on any atom is 0.305 e. The molecule has 0 unspecified atom stereocenters. The summed E-state index contributed by atoms with van der Waals surface area (Å²) in [4.78, 5) is 136. The van der Waals surface area contributed by atoms with Crippen LogP contribution in [-0.2, 0) is 47.9 Å². The molecule has 0 radical (unpaired) electrons. The quantitative estimate of drug-likeness (QED) is 0.0270. The Balaban J connectivity index is 7.61. The van der Waals surface area contributed by atoms with Crippen LogP contribution in [0.15, 0.2) is 0 Å². The molecule has 5 atom stereocenters. The standard InChI is InChI=1S/C45H83N11O11S4/c46-21-6-1-11-31(41(63)51-26-16-40(61)62)54-42(64)32(12-2-7-22-47)55-43(65)35(15-3-8-23-48)56(44(66)33(52-38(59)19-29-70)13-4-9-24-49-36(57)17-27-68)45(67)34(53-39(60)20-30-71)14-5-10-25-50-37(58)18-28-69/h31-35,68-71H,1-30,46-48H2,(H,49,57)(H,50,58)(H,51,63)(H,52,59)(H,53,60)(H,54,64)(H,55,65)(H,61,62)/t31-,32-,33-,34-,35-/m0/s1. The minimum absolute atomic E-state index is 0.0161. The van der Waals surface area contributed by atoms with Crippen LogP contribution in [0.5, 0.6) is 0 Å². The fourth-order valence-corrected chi connectivity index (χ4v) is 7.94. The second-order valence-electron chi connectivity index (χ2n) is 16.8. The monoisotopic (exact) mass is 1080 g/mol. The molecule has 9 amide bonds. The normalized spacial score (nSPS) is 13.1. The van der Waals surface area contributed by atoms with Crippen molar-refractivity contribution in [1.29, 1.82) is 0 Å². The molecule has 0 aromatic rings. The Morgan fingerprint density at radius 1 is 0.394 bits per heavy atom. The molecule has 22 nitrogen and oxygen atoms in total. The maximum atomic E-state index is 15.2. The van der Waals surface area contributed by atoms with Crippen molar-refractivity contribution in [3.8, 4) is 0 Å². The zero-order valence-electron chi connectivity index (χ0n) is 41.1. The van der Waals surface area contributed by atoms with Gasteiger partial charge in [-0.2, -0.15) is 50.5 Å². The van der Waals surface area contributed by atoms with E-state index < -0.39 is 77.5 Å². The Kier molecular flexibility index (Phi) is 40.4. The van der Waals surface area contributed by atoms with Crippen LogP contribution in [0.25, 0.3) is 0 Å². The fraction of sp³-hybridized carbons (Fsp3) is 0.778. The molecule has 0 aromatic carbocycles. The summed E-state index contributed by atoms with van der Waals surface area (Å²) < 4.78 is 0. The van der Waals surface area contributed by atoms with Crippen molar-refractivity contribution in [2.45, 2.75) is 159 Å². The van der Waals surface area contributed by atoms with Crippen molar-refractivity contribution < 1.29 is 53.1 Å². The number of carboxylic acid groups (broad SMARTS) is 1. The van der Waals surface area contributed by atoms with Gasteiger partial charge in [-0.1, -0.05) is 0 Å². The molecule has 0 spiro atoms. The number of nitrogens with one attached hydrogen (secondary N) is 7.